The second-order valence-corrected chi connectivity index (χ2v) is 28.4. The van der Waals surface area contributed by atoms with Crippen LogP contribution in [0.1, 0.15) is 285 Å². The van der Waals surface area contributed by atoms with Gasteiger partial charge in [0.05, 0.1) is 26.4 Å². The first-order chi connectivity index (χ1) is 50.7. The second-order valence-electron chi connectivity index (χ2n) is 25.5. The van der Waals surface area contributed by atoms with E-state index in [1.165, 1.54) is 51.4 Å². The normalized spacial score (nSPS) is 14.8. The summed E-state index contributed by atoms with van der Waals surface area (Å²) in [5, 5.41) is 10.6. The molecule has 5 unspecified atom stereocenters. The Hall–Kier alpha value is -5.58. The van der Waals surface area contributed by atoms with Crippen LogP contribution in [-0.4, -0.2) is 96.7 Å². The predicted octanol–water partition coefficient (Wildman–Crippen LogP) is 23.0. The number of carbonyl (C=O) groups excluding carboxylic acids is 4. The summed E-state index contributed by atoms with van der Waals surface area (Å²) in [5.74, 6) is -2.37. The topological polar surface area (TPSA) is 237 Å². The molecule has 0 heterocycles. The maximum Gasteiger partial charge on any atom is 0.472 e. The van der Waals surface area contributed by atoms with E-state index in [-0.39, 0.29) is 25.7 Å². The number of hydrogen-bond donors (Lipinski definition) is 3. The van der Waals surface area contributed by atoms with Crippen molar-refractivity contribution in [2.24, 2.45) is 0 Å². The highest BCUT2D eigenvalue weighted by atomic mass is 31.2. The lowest BCUT2D eigenvalue weighted by Gasteiger charge is -2.21. The Balaban J connectivity index is 5.48. The van der Waals surface area contributed by atoms with Gasteiger partial charge in [0.1, 0.15) is 19.3 Å². The molecule has 0 aromatic heterocycles. The lowest BCUT2D eigenvalue weighted by molar-refractivity contribution is -0.161. The molecule has 0 saturated carbocycles. The number of esters is 4. The predicted molar refractivity (Wildman–Crippen MR) is 426 cm³/mol. The Morgan fingerprint density at radius 2 is 0.529 bits per heavy atom. The zero-order valence-electron chi connectivity index (χ0n) is 64.4. The van der Waals surface area contributed by atoms with Crippen molar-refractivity contribution in [2.75, 3.05) is 39.6 Å². The Morgan fingerprint density at radius 1 is 0.279 bits per heavy atom. The number of hydrogen-bond acceptors (Lipinski definition) is 15. The first-order valence-electron chi connectivity index (χ1n) is 39.4. The number of rotatable bonds is 72. The Kier molecular flexibility index (Phi) is 71.6. The van der Waals surface area contributed by atoms with Crippen molar-refractivity contribution in [3.63, 3.8) is 0 Å². The van der Waals surface area contributed by atoms with E-state index in [0.29, 0.717) is 38.5 Å². The largest absolute Gasteiger partial charge is 0.472 e. The van der Waals surface area contributed by atoms with Crippen LogP contribution in [0, 0.1) is 0 Å². The van der Waals surface area contributed by atoms with Gasteiger partial charge in [-0.15, -0.1) is 0 Å². The van der Waals surface area contributed by atoms with E-state index in [4.69, 9.17) is 37.0 Å². The van der Waals surface area contributed by atoms with E-state index in [1.807, 2.05) is 30.4 Å². The molecule has 590 valence electrons. The molecule has 0 aliphatic rings. The van der Waals surface area contributed by atoms with Crippen molar-refractivity contribution < 1.29 is 80.2 Å². The van der Waals surface area contributed by atoms with Crippen LogP contribution >= 0.6 is 15.6 Å². The summed E-state index contributed by atoms with van der Waals surface area (Å²) in [6.45, 7) is 4.35. The van der Waals surface area contributed by atoms with Gasteiger partial charge in [-0.3, -0.25) is 37.3 Å². The second kappa shape index (κ2) is 75.6. The molecule has 0 aromatic rings. The number of unbranched alkanes of at least 4 members (excludes halogenated alkanes) is 18. The maximum absolute atomic E-state index is 13.1. The fraction of sp³-hybridized carbons (Fsp3) is 0.624. The summed E-state index contributed by atoms with van der Waals surface area (Å²) in [6.07, 6.45) is 89.3. The standard InChI is InChI=1S/C85H138O17P2/c1-5-9-13-17-21-25-29-33-36-38-39-41-44-47-50-54-58-62-66-70-83(88)95-75-80(101-84(89)71-67-63-59-55-51-45-32-28-24-20-16-12-8-4)77-99-103(91,92)97-73-79(86)74-98-104(93,94)100-78-81(102-85(90)72-68-64-60-56-52-48-42-35-31-27-23-19-15-11-7-3)76-96-82(87)69-65-61-57-53-49-46-43-40-37-34-30-26-22-18-14-10-6-2/h9-11,13-15,21-23,25-27,33-37,39,41-43,46-47,50,53,57-58,62,79-81,86H,5-8,12,16-20,24,28-32,38,40,44-45,48-49,51-52,54-56,59-61,63-78H2,1-4H3,(H,91,92)(H,93,94)/b13-9-,14-10-,15-11-,25-21-,26-22-,27-23-,36-33-,37-34-,41-39-,42-35-,46-43-,50-47-,57-53-,62-58-. The van der Waals surface area contributed by atoms with Crippen LogP contribution in [0.2, 0.25) is 0 Å². The molecule has 0 rings (SSSR count). The van der Waals surface area contributed by atoms with Crippen LogP contribution < -0.4 is 0 Å². The number of phosphoric acid groups is 2. The van der Waals surface area contributed by atoms with Gasteiger partial charge < -0.3 is 33.8 Å². The van der Waals surface area contributed by atoms with Crippen molar-refractivity contribution in [1.82, 2.24) is 0 Å². The third kappa shape index (κ3) is 74.7. The highest BCUT2D eigenvalue weighted by Crippen LogP contribution is 2.45. The molecular formula is C85H138O17P2. The zero-order valence-corrected chi connectivity index (χ0v) is 66.2. The molecule has 0 saturated heterocycles. The van der Waals surface area contributed by atoms with E-state index in [0.717, 1.165) is 141 Å². The van der Waals surface area contributed by atoms with Gasteiger partial charge in [-0.2, -0.15) is 0 Å². The lowest BCUT2D eigenvalue weighted by atomic mass is 10.0. The SMILES string of the molecule is CC/C=C\C/C=C\C/C=C\C/C=C\C/C=C\C/C=C\CCC(=O)OCC(COP(=O)(O)OCC(O)COP(=O)(O)OCC(COC(=O)CCC/C=C\C/C=C\C/C=C\C/C=C\C/C=C\CC)OC(=O)CCCCCCC/C=C\C/C=C\C/C=C\CC)OC(=O)CCCCCCCCCCCCCCC. The van der Waals surface area contributed by atoms with E-state index >= 15 is 0 Å². The average Bonchev–Trinajstić information content (AvgIpc) is 0.939. The summed E-state index contributed by atoms with van der Waals surface area (Å²) < 4.78 is 68.4. The van der Waals surface area contributed by atoms with Gasteiger partial charge in [0.15, 0.2) is 12.2 Å². The quantitative estimate of drug-likeness (QED) is 0.0169. The van der Waals surface area contributed by atoms with Crippen LogP contribution in [0.5, 0.6) is 0 Å². The number of allylic oxidation sites excluding steroid dienone is 28. The molecule has 0 fully saturated rings. The minimum atomic E-state index is -5.00. The monoisotopic (exact) mass is 1490 g/mol. The van der Waals surface area contributed by atoms with Crippen LogP contribution in [-0.2, 0) is 65.4 Å². The van der Waals surface area contributed by atoms with Gasteiger partial charge in [-0.05, 0) is 135 Å². The van der Waals surface area contributed by atoms with Crippen molar-refractivity contribution in [3.05, 3.63) is 170 Å². The third-order valence-electron chi connectivity index (χ3n) is 15.7. The maximum atomic E-state index is 13.1. The van der Waals surface area contributed by atoms with Crippen molar-refractivity contribution in [2.45, 2.75) is 303 Å². The minimum Gasteiger partial charge on any atom is -0.462 e. The first kappa shape index (κ1) is 98.4. The average molecular weight is 1490 g/mol. The van der Waals surface area contributed by atoms with Crippen LogP contribution in [0.15, 0.2) is 170 Å². The molecule has 17 nitrogen and oxygen atoms in total. The number of carbonyl (C=O) groups is 4. The smallest absolute Gasteiger partial charge is 0.462 e. The number of aliphatic hydroxyl groups excluding tert-OH is 1. The van der Waals surface area contributed by atoms with Gasteiger partial charge >= 0.3 is 39.5 Å². The number of aliphatic hydroxyl groups is 1. The van der Waals surface area contributed by atoms with Gasteiger partial charge in [-0.1, -0.05) is 294 Å². The molecule has 104 heavy (non-hydrogen) atoms. The van der Waals surface area contributed by atoms with Gasteiger partial charge in [0, 0.05) is 25.7 Å². The summed E-state index contributed by atoms with van der Waals surface area (Å²) >= 11 is 0. The molecule has 0 radical (unpaired) electrons. The third-order valence-corrected chi connectivity index (χ3v) is 17.6. The molecule has 3 N–H and O–H groups in total. The molecular weight excluding hydrogens is 1350 g/mol. The molecule has 19 heteroatoms. The molecule has 0 aromatic carbocycles. The Labute approximate surface area is 629 Å². The van der Waals surface area contributed by atoms with Gasteiger partial charge in [0.25, 0.3) is 0 Å². The van der Waals surface area contributed by atoms with Crippen LogP contribution in [0.25, 0.3) is 0 Å². The molecule has 0 spiro atoms. The summed E-state index contributed by atoms with van der Waals surface area (Å²) in [5.41, 5.74) is 0. The molecule has 0 amide bonds. The highest BCUT2D eigenvalue weighted by Gasteiger charge is 2.30. The minimum absolute atomic E-state index is 0.0314. The Bertz CT molecular complexity index is 2640. The fourth-order valence-electron chi connectivity index (χ4n) is 9.82. The van der Waals surface area contributed by atoms with Crippen LogP contribution in [0.3, 0.4) is 0 Å². The number of phosphoric ester groups is 2. The van der Waals surface area contributed by atoms with Gasteiger partial charge in [0.2, 0.25) is 0 Å². The lowest BCUT2D eigenvalue weighted by Crippen LogP contribution is -2.30. The van der Waals surface area contributed by atoms with Gasteiger partial charge in [-0.25, -0.2) is 9.13 Å². The first-order valence-corrected chi connectivity index (χ1v) is 42.4. The Morgan fingerprint density at radius 3 is 0.856 bits per heavy atom. The summed E-state index contributed by atoms with van der Waals surface area (Å²) in [7, 11) is -10.0. The molecule has 0 aliphatic heterocycles. The molecule has 5 atom stereocenters. The van der Waals surface area contributed by atoms with E-state index in [9.17, 15) is 43.2 Å². The fourth-order valence-corrected chi connectivity index (χ4v) is 11.4. The molecule has 0 aliphatic carbocycles. The van der Waals surface area contributed by atoms with E-state index < -0.39 is 97.5 Å². The van der Waals surface area contributed by atoms with Crippen molar-refractivity contribution in [3.8, 4) is 0 Å². The summed E-state index contributed by atoms with van der Waals surface area (Å²) in [6, 6.07) is 0. The molecule has 0 bridgehead atoms. The van der Waals surface area contributed by atoms with Crippen LogP contribution in [0.4, 0.5) is 0 Å². The summed E-state index contributed by atoms with van der Waals surface area (Å²) in [4.78, 5) is 72.9. The van der Waals surface area contributed by atoms with E-state index in [2.05, 4.69) is 167 Å². The zero-order chi connectivity index (χ0) is 76.0. The van der Waals surface area contributed by atoms with Crippen molar-refractivity contribution in [1.29, 1.82) is 0 Å². The van der Waals surface area contributed by atoms with E-state index in [1.54, 1.807) is 0 Å². The highest BCUT2D eigenvalue weighted by molar-refractivity contribution is 7.47. The number of ether oxygens (including phenoxy) is 4. The van der Waals surface area contributed by atoms with Crippen molar-refractivity contribution >= 4 is 39.5 Å².